The van der Waals surface area contributed by atoms with E-state index >= 15 is 0 Å². The number of hydrogen-bond donors (Lipinski definition) is 2. The first-order chi connectivity index (χ1) is 16.5. The zero-order chi connectivity index (χ0) is 25.3. The molecule has 0 aromatic rings. The molecule has 34 heavy (non-hydrogen) atoms. The van der Waals surface area contributed by atoms with Crippen molar-refractivity contribution in [1.29, 1.82) is 0 Å². The van der Waals surface area contributed by atoms with Gasteiger partial charge in [0.15, 0.2) is 0 Å². The minimum Gasteiger partial charge on any atom is -0.481 e. The lowest BCUT2D eigenvalue weighted by Crippen LogP contribution is -2.29. The first-order valence-corrected chi connectivity index (χ1v) is 14.3. The second-order valence-corrected chi connectivity index (χ2v) is 9.95. The number of allylic oxidation sites excluding steroid dienone is 2. The molecule has 0 bridgehead atoms. The monoisotopic (exact) mass is 478 g/mol. The Morgan fingerprint density at radius 1 is 0.559 bits per heavy atom. The molecule has 0 aliphatic carbocycles. The van der Waals surface area contributed by atoms with Crippen LogP contribution in [0.15, 0.2) is 24.3 Å². The Bertz CT molecular complexity index is 552. The average Bonchev–Trinajstić information content (AvgIpc) is 2.80. The van der Waals surface area contributed by atoms with Gasteiger partial charge in [-0.25, -0.2) is 0 Å². The highest BCUT2D eigenvalue weighted by atomic mass is 16.4. The number of carboxylic acids is 2. The number of carboxylic acid groups (broad SMARTS) is 2. The van der Waals surface area contributed by atoms with Gasteiger partial charge in [0.1, 0.15) is 5.41 Å². The first-order valence-electron chi connectivity index (χ1n) is 14.3. The number of rotatable bonds is 25. The highest BCUT2D eigenvalue weighted by Gasteiger charge is 2.35. The quantitative estimate of drug-likeness (QED) is 0.101. The van der Waals surface area contributed by atoms with Gasteiger partial charge >= 0.3 is 11.9 Å². The molecule has 0 aliphatic rings. The summed E-state index contributed by atoms with van der Waals surface area (Å²) >= 11 is 0. The van der Waals surface area contributed by atoms with E-state index < -0.39 is 23.8 Å². The summed E-state index contributed by atoms with van der Waals surface area (Å²) in [7, 11) is 0. The lowest BCUT2D eigenvalue weighted by Gasteiger charge is -2.20. The van der Waals surface area contributed by atoms with Crippen molar-refractivity contribution in [2.45, 2.75) is 149 Å². The Kier molecular flexibility index (Phi) is 22.1. The summed E-state index contributed by atoms with van der Waals surface area (Å²) < 4.78 is 0. The van der Waals surface area contributed by atoms with Crippen molar-refractivity contribution in [3.05, 3.63) is 24.3 Å². The third-order valence-electron chi connectivity index (χ3n) is 6.62. The Morgan fingerprint density at radius 2 is 0.882 bits per heavy atom. The van der Waals surface area contributed by atoms with Gasteiger partial charge < -0.3 is 10.2 Å². The van der Waals surface area contributed by atoms with Gasteiger partial charge in [0, 0.05) is 0 Å². The predicted molar refractivity (Wildman–Crippen MR) is 144 cm³/mol. The Labute approximate surface area is 210 Å². The zero-order valence-electron chi connectivity index (χ0n) is 22.4. The molecule has 0 aliphatic heterocycles. The summed E-state index contributed by atoms with van der Waals surface area (Å²) in [5, 5.41) is 19.1. The van der Waals surface area contributed by atoms with Crippen LogP contribution in [-0.2, 0) is 9.59 Å². The Balaban J connectivity index is 4.32. The van der Waals surface area contributed by atoms with Crippen LogP contribution in [-0.4, -0.2) is 22.2 Å². The zero-order valence-corrected chi connectivity index (χ0v) is 22.4. The Morgan fingerprint density at radius 3 is 1.18 bits per heavy atom. The van der Waals surface area contributed by atoms with Gasteiger partial charge in [-0.05, 0) is 25.7 Å². The molecule has 2 N–H and O–H groups in total. The first kappa shape index (κ1) is 32.4. The second kappa shape index (κ2) is 23.2. The maximum Gasteiger partial charge on any atom is 0.318 e. The molecule has 1 atom stereocenters. The summed E-state index contributed by atoms with van der Waals surface area (Å²) in [5.41, 5.74) is -1.44. The van der Waals surface area contributed by atoms with E-state index in [1.807, 2.05) is 12.2 Å². The van der Waals surface area contributed by atoms with E-state index in [0.717, 1.165) is 38.5 Å². The van der Waals surface area contributed by atoms with Gasteiger partial charge in [-0.2, -0.15) is 0 Å². The van der Waals surface area contributed by atoms with Crippen LogP contribution in [0.2, 0.25) is 0 Å². The third-order valence-corrected chi connectivity index (χ3v) is 6.62. The van der Waals surface area contributed by atoms with Crippen molar-refractivity contribution in [1.82, 2.24) is 0 Å². The highest BCUT2D eigenvalue weighted by molar-refractivity contribution is 5.85. The topological polar surface area (TPSA) is 74.6 Å². The molecule has 0 heterocycles. The molecular weight excluding hydrogens is 424 g/mol. The maximum atomic E-state index is 12.0. The lowest BCUT2D eigenvalue weighted by molar-refractivity contribution is -0.150. The van der Waals surface area contributed by atoms with Gasteiger partial charge in [0.2, 0.25) is 0 Å². The summed E-state index contributed by atoms with van der Waals surface area (Å²) in [6.07, 6.45) is 30.7. The number of carbonyl (C=O) groups is 2. The molecule has 4 heteroatoms. The van der Waals surface area contributed by atoms with Gasteiger partial charge in [-0.3, -0.25) is 9.59 Å². The van der Waals surface area contributed by atoms with Crippen LogP contribution < -0.4 is 0 Å². The summed E-state index contributed by atoms with van der Waals surface area (Å²) in [4.78, 5) is 23.4. The minimum atomic E-state index is -1.44. The average molecular weight is 479 g/mol. The van der Waals surface area contributed by atoms with E-state index in [0.29, 0.717) is 0 Å². The molecule has 0 spiro atoms. The van der Waals surface area contributed by atoms with Crippen molar-refractivity contribution < 1.29 is 19.8 Å². The van der Waals surface area contributed by atoms with E-state index in [-0.39, 0.29) is 0 Å². The molecular formula is C30H54O4. The third kappa shape index (κ3) is 18.8. The van der Waals surface area contributed by atoms with E-state index in [4.69, 9.17) is 0 Å². The van der Waals surface area contributed by atoms with Crippen molar-refractivity contribution in [2.75, 3.05) is 0 Å². The summed E-state index contributed by atoms with van der Waals surface area (Å²) in [5.74, 6) is -2.16. The number of hydrogen-bond acceptors (Lipinski definition) is 2. The van der Waals surface area contributed by atoms with Crippen LogP contribution in [0, 0.1) is 5.41 Å². The predicted octanol–water partition coefficient (Wildman–Crippen LogP) is 9.49. The fourth-order valence-electron chi connectivity index (χ4n) is 4.37. The van der Waals surface area contributed by atoms with Crippen LogP contribution in [0.1, 0.15) is 149 Å². The van der Waals surface area contributed by atoms with Crippen molar-refractivity contribution >= 4 is 11.9 Å². The van der Waals surface area contributed by atoms with Crippen molar-refractivity contribution in [3.63, 3.8) is 0 Å². The number of unbranched alkanes of at least 4 members (excludes halogenated alkanes) is 18. The van der Waals surface area contributed by atoms with Gasteiger partial charge in [-0.15, -0.1) is 0 Å². The largest absolute Gasteiger partial charge is 0.481 e. The molecule has 1 unspecified atom stereocenters. The minimum absolute atomic E-state index is 0.412. The molecule has 198 valence electrons. The summed E-state index contributed by atoms with van der Waals surface area (Å²) in [6.45, 7) is 4.46. The molecule has 0 saturated heterocycles. The molecule has 0 saturated carbocycles. The SMILES string of the molecule is CCCCCCCCCCC=CC(C=CCCCCCCCCCCCC)(CC(=O)O)C(=O)O. The van der Waals surface area contributed by atoms with E-state index in [9.17, 15) is 19.8 Å². The van der Waals surface area contributed by atoms with Gasteiger partial charge in [-0.1, -0.05) is 141 Å². The van der Waals surface area contributed by atoms with Crippen LogP contribution >= 0.6 is 0 Å². The van der Waals surface area contributed by atoms with E-state index in [1.54, 1.807) is 12.2 Å². The van der Waals surface area contributed by atoms with Crippen LogP contribution in [0.3, 0.4) is 0 Å². The second-order valence-electron chi connectivity index (χ2n) is 9.95. The van der Waals surface area contributed by atoms with Gasteiger partial charge in [0.05, 0.1) is 6.42 Å². The Hall–Kier alpha value is -1.58. The van der Waals surface area contributed by atoms with Crippen LogP contribution in [0.5, 0.6) is 0 Å². The van der Waals surface area contributed by atoms with Crippen LogP contribution in [0.4, 0.5) is 0 Å². The smallest absolute Gasteiger partial charge is 0.318 e. The number of aliphatic carboxylic acids is 2. The van der Waals surface area contributed by atoms with Gasteiger partial charge in [0.25, 0.3) is 0 Å². The molecule has 4 nitrogen and oxygen atoms in total. The fourth-order valence-corrected chi connectivity index (χ4v) is 4.37. The molecule has 0 amide bonds. The lowest BCUT2D eigenvalue weighted by atomic mass is 9.83. The fraction of sp³-hybridized carbons (Fsp3) is 0.800. The van der Waals surface area contributed by atoms with Crippen molar-refractivity contribution in [3.8, 4) is 0 Å². The molecule has 0 aromatic carbocycles. The normalized spacial score (nSPS) is 13.6. The summed E-state index contributed by atoms with van der Waals surface area (Å²) in [6, 6.07) is 0. The van der Waals surface area contributed by atoms with E-state index in [2.05, 4.69) is 13.8 Å². The van der Waals surface area contributed by atoms with E-state index in [1.165, 1.54) is 89.9 Å². The highest BCUT2D eigenvalue weighted by Crippen LogP contribution is 2.28. The molecule has 0 fully saturated rings. The van der Waals surface area contributed by atoms with Crippen LogP contribution in [0.25, 0.3) is 0 Å². The molecule has 0 radical (unpaired) electrons. The standard InChI is InChI=1S/C30H54O4/c1-3-5-7-9-11-13-15-16-18-20-22-24-26-30(29(33)34,27-28(31)32)25-23-21-19-17-14-12-10-8-6-4-2/h23-26H,3-22,27H2,1-2H3,(H,31,32)(H,33,34). The van der Waals surface area contributed by atoms with Crippen molar-refractivity contribution in [2.24, 2.45) is 5.41 Å². The molecule has 0 rings (SSSR count). The molecule has 0 aromatic heterocycles. The maximum absolute atomic E-state index is 12.0.